The van der Waals surface area contributed by atoms with E-state index < -0.39 is 0 Å². The van der Waals surface area contributed by atoms with Gasteiger partial charge in [0.25, 0.3) is 0 Å². The molecule has 0 saturated carbocycles. The van der Waals surface area contributed by atoms with Crippen LogP contribution in [0.25, 0.3) is 0 Å². The lowest BCUT2D eigenvalue weighted by atomic mass is 10.0. The minimum Gasteiger partial charge on any atom is -0.366 e. The first-order valence-corrected chi connectivity index (χ1v) is 10.1. The number of nitrogens with one attached hydrogen (secondary N) is 2. The zero-order valence-electron chi connectivity index (χ0n) is 16.8. The topological polar surface area (TPSA) is 108 Å². The Labute approximate surface area is 179 Å². The van der Waals surface area contributed by atoms with Crippen molar-refractivity contribution in [1.29, 1.82) is 5.26 Å². The van der Waals surface area contributed by atoms with E-state index in [9.17, 15) is 0 Å². The molecule has 0 atom stereocenters. The second-order valence-corrected chi connectivity index (χ2v) is 7.65. The fraction of sp³-hybridized carbons (Fsp3) is 0.350. The van der Waals surface area contributed by atoms with Crippen molar-refractivity contribution in [1.82, 2.24) is 24.7 Å². The number of pyridine rings is 1. The highest BCUT2D eigenvalue weighted by Crippen LogP contribution is 2.26. The summed E-state index contributed by atoms with van der Waals surface area (Å²) in [6.07, 6.45) is 6.94. The Morgan fingerprint density at radius 1 is 1.20 bits per heavy atom. The molecule has 3 aromatic heterocycles. The molecule has 2 N–H and O–H groups in total. The molecule has 0 unspecified atom stereocenters. The van der Waals surface area contributed by atoms with E-state index in [0.29, 0.717) is 22.4 Å². The van der Waals surface area contributed by atoms with Gasteiger partial charge in [0.2, 0.25) is 5.95 Å². The van der Waals surface area contributed by atoms with Gasteiger partial charge < -0.3 is 15.5 Å². The molecule has 0 bridgehead atoms. The normalized spacial score (nSPS) is 14.4. The summed E-state index contributed by atoms with van der Waals surface area (Å²) in [6.45, 7) is 3.65. The quantitative estimate of drug-likeness (QED) is 0.643. The van der Waals surface area contributed by atoms with Gasteiger partial charge in [0, 0.05) is 38.6 Å². The first-order chi connectivity index (χ1) is 14.5. The number of nitriles is 1. The smallest absolute Gasteiger partial charge is 0.229 e. The van der Waals surface area contributed by atoms with Gasteiger partial charge in [0.15, 0.2) is 5.82 Å². The fourth-order valence-electron chi connectivity index (χ4n) is 3.46. The lowest BCUT2D eigenvalue weighted by Crippen LogP contribution is -2.39. The molecule has 10 heteroatoms. The first-order valence-electron chi connectivity index (χ1n) is 9.69. The van der Waals surface area contributed by atoms with E-state index in [1.807, 2.05) is 26.2 Å². The van der Waals surface area contributed by atoms with Crippen molar-refractivity contribution in [3.8, 4) is 6.07 Å². The highest BCUT2D eigenvalue weighted by Gasteiger charge is 2.21. The van der Waals surface area contributed by atoms with Crippen LogP contribution in [-0.4, -0.2) is 43.9 Å². The van der Waals surface area contributed by atoms with E-state index in [2.05, 4.69) is 41.7 Å². The summed E-state index contributed by atoms with van der Waals surface area (Å²) >= 11 is 6.33. The maximum Gasteiger partial charge on any atom is 0.229 e. The predicted octanol–water partition coefficient (Wildman–Crippen LogP) is 3.26. The van der Waals surface area contributed by atoms with Crippen molar-refractivity contribution in [3.63, 3.8) is 0 Å². The van der Waals surface area contributed by atoms with Crippen LogP contribution < -0.4 is 15.5 Å². The summed E-state index contributed by atoms with van der Waals surface area (Å²) in [5, 5.41) is 20.4. The van der Waals surface area contributed by atoms with Crippen LogP contribution in [0.15, 0.2) is 30.7 Å². The number of aryl methyl sites for hydroxylation is 2. The maximum atomic E-state index is 8.91. The van der Waals surface area contributed by atoms with E-state index in [4.69, 9.17) is 16.9 Å². The average Bonchev–Trinajstić information content (AvgIpc) is 3.07. The number of aromatic nitrogens is 5. The van der Waals surface area contributed by atoms with Crippen molar-refractivity contribution in [2.45, 2.75) is 25.8 Å². The Hall–Kier alpha value is -3.38. The Kier molecular flexibility index (Phi) is 5.68. The van der Waals surface area contributed by atoms with Gasteiger partial charge in [0.1, 0.15) is 16.9 Å². The molecule has 1 aliphatic rings. The summed E-state index contributed by atoms with van der Waals surface area (Å²) in [7, 11) is 1.87. The number of rotatable bonds is 5. The van der Waals surface area contributed by atoms with Crippen molar-refractivity contribution in [2.75, 3.05) is 28.6 Å². The van der Waals surface area contributed by atoms with Crippen LogP contribution in [0.5, 0.6) is 0 Å². The predicted molar refractivity (Wildman–Crippen MR) is 116 cm³/mol. The zero-order valence-corrected chi connectivity index (χ0v) is 17.6. The third-order valence-electron chi connectivity index (χ3n) is 5.04. The number of hydrogen-bond donors (Lipinski definition) is 2. The lowest BCUT2D eigenvalue weighted by Gasteiger charge is -2.33. The van der Waals surface area contributed by atoms with E-state index in [1.165, 1.54) is 0 Å². The third-order valence-corrected chi connectivity index (χ3v) is 5.32. The van der Waals surface area contributed by atoms with Crippen LogP contribution in [0.4, 0.5) is 23.3 Å². The van der Waals surface area contributed by atoms with E-state index in [1.54, 1.807) is 23.1 Å². The molecule has 0 spiro atoms. The number of hydrogen-bond acceptors (Lipinski definition) is 8. The standard InChI is InChI=1S/C20H22ClN9/c1-13-17(12-29(2)28-13)26-20-24-11-16(21)19(27-20)25-15-5-7-30(8-6-15)18-4-3-14(9-22)10-23-18/h3-4,10-12,15H,5-8H2,1-2H3,(H2,24,25,26,27). The maximum absolute atomic E-state index is 8.91. The Bertz CT molecular complexity index is 1060. The zero-order chi connectivity index (χ0) is 21.1. The molecule has 4 rings (SSSR count). The molecule has 30 heavy (non-hydrogen) atoms. The Morgan fingerprint density at radius 2 is 2.00 bits per heavy atom. The van der Waals surface area contributed by atoms with Gasteiger partial charge in [-0.2, -0.15) is 15.3 Å². The SMILES string of the molecule is Cc1nn(C)cc1Nc1ncc(Cl)c(NC2CCN(c3ccc(C#N)cn3)CC2)n1. The molecule has 1 fully saturated rings. The summed E-state index contributed by atoms with van der Waals surface area (Å²) in [5.41, 5.74) is 2.29. The molecule has 154 valence electrons. The van der Waals surface area contributed by atoms with Crippen LogP contribution >= 0.6 is 11.6 Å². The fourth-order valence-corrected chi connectivity index (χ4v) is 3.60. The monoisotopic (exact) mass is 423 g/mol. The Balaban J connectivity index is 1.38. The van der Waals surface area contributed by atoms with Crippen LogP contribution in [0.3, 0.4) is 0 Å². The summed E-state index contributed by atoms with van der Waals surface area (Å²) in [4.78, 5) is 15.4. The molecule has 4 heterocycles. The molecule has 1 saturated heterocycles. The number of anilines is 4. The van der Waals surface area contributed by atoms with Crippen molar-refractivity contribution >= 4 is 34.9 Å². The minimum atomic E-state index is 0.250. The van der Waals surface area contributed by atoms with Gasteiger partial charge in [-0.1, -0.05) is 11.6 Å². The van der Waals surface area contributed by atoms with E-state index in [-0.39, 0.29) is 6.04 Å². The largest absolute Gasteiger partial charge is 0.366 e. The summed E-state index contributed by atoms with van der Waals surface area (Å²) < 4.78 is 1.74. The van der Waals surface area contributed by atoms with Crippen molar-refractivity contribution in [3.05, 3.63) is 47.0 Å². The second kappa shape index (κ2) is 8.55. The first kappa shape index (κ1) is 19.9. The van der Waals surface area contributed by atoms with E-state index in [0.717, 1.165) is 43.1 Å². The van der Waals surface area contributed by atoms with Crippen LogP contribution in [0.1, 0.15) is 24.1 Å². The molecular weight excluding hydrogens is 402 g/mol. The van der Waals surface area contributed by atoms with Gasteiger partial charge in [-0.15, -0.1) is 0 Å². The van der Waals surface area contributed by atoms with Gasteiger partial charge in [0.05, 0.1) is 23.1 Å². The van der Waals surface area contributed by atoms with Gasteiger partial charge in [-0.25, -0.2) is 9.97 Å². The highest BCUT2D eigenvalue weighted by molar-refractivity contribution is 6.32. The summed E-state index contributed by atoms with van der Waals surface area (Å²) in [5.74, 6) is 1.98. The number of halogens is 1. The van der Waals surface area contributed by atoms with Crippen LogP contribution in [0.2, 0.25) is 5.02 Å². The summed E-state index contributed by atoms with van der Waals surface area (Å²) in [6, 6.07) is 6.04. The molecule has 0 radical (unpaired) electrons. The Morgan fingerprint density at radius 3 is 2.63 bits per heavy atom. The minimum absolute atomic E-state index is 0.250. The number of nitrogens with zero attached hydrogens (tertiary/aromatic N) is 7. The van der Waals surface area contributed by atoms with Crippen LogP contribution in [-0.2, 0) is 7.05 Å². The van der Waals surface area contributed by atoms with Gasteiger partial charge in [-0.3, -0.25) is 4.68 Å². The lowest BCUT2D eigenvalue weighted by molar-refractivity contribution is 0.522. The molecule has 0 amide bonds. The molecule has 0 aromatic carbocycles. The molecular formula is C20H22ClN9. The van der Waals surface area contributed by atoms with Gasteiger partial charge in [-0.05, 0) is 31.9 Å². The van der Waals surface area contributed by atoms with E-state index >= 15 is 0 Å². The molecule has 3 aromatic rings. The third kappa shape index (κ3) is 4.44. The van der Waals surface area contributed by atoms with Crippen LogP contribution in [0, 0.1) is 18.3 Å². The molecule has 9 nitrogen and oxygen atoms in total. The second-order valence-electron chi connectivity index (χ2n) is 7.24. The van der Waals surface area contributed by atoms with Crippen molar-refractivity contribution in [2.24, 2.45) is 7.05 Å². The molecule has 0 aliphatic carbocycles. The molecule has 1 aliphatic heterocycles. The number of piperidine rings is 1. The van der Waals surface area contributed by atoms with Crippen molar-refractivity contribution < 1.29 is 0 Å². The van der Waals surface area contributed by atoms with Gasteiger partial charge >= 0.3 is 0 Å². The average molecular weight is 424 g/mol. The highest BCUT2D eigenvalue weighted by atomic mass is 35.5.